The number of fused-ring (bicyclic) bond motifs is 1. The summed E-state index contributed by atoms with van der Waals surface area (Å²) >= 11 is 0. The normalized spacial score (nSPS) is 23.1. The molecule has 2 aliphatic heterocycles. The van der Waals surface area contributed by atoms with Gasteiger partial charge in [0.15, 0.2) is 0 Å². The Morgan fingerprint density at radius 2 is 2.04 bits per heavy atom. The van der Waals surface area contributed by atoms with Crippen LogP contribution in [0.4, 0.5) is 4.79 Å². The van der Waals surface area contributed by atoms with Gasteiger partial charge in [0.1, 0.15) is 11.9 Å². The summed E-state index contributed by atoms with van der Waals surface area (Å²) in [6, 6.07) is 8.19. The van der Waals surface area contributed by atoms with Gasteiger partial charge in [-0.15, -0.1) is 0 Å². The summed E-state index contributed by atoms with van der Waals surface area (Å²) < 4.78 is 10.7. The van der Waals surface area contributed by atoms with Gasteiger partial charge in [0.05, 0.1) is 13.2 Å². The van der Waals surface area contributed by atoms with Crippen LogP contribution in [0.25, 0.3) is 0 Å². The topological polar surface area (TPSA) is 42.0 Å². The molecule has 0 saturated carbocycles. The van der Waals surface area contributed by atoms with E-state index in [0.717, 1.165) is 31.8 Å². The van der Waals surface area contributed by atoms with Gasteiger partial charge in [0, 0.05) is 26.2 Å². The van der Waals surface area contributed by atoms with Crippen molar-refractivity contribution in [2.45, 2.75) is 32.4 Å². The maximum Gasteiger partial charge on any atom is 0.410 e. The van der Waals surface area contributed by atoms with Crippen molar-refractivity contribution in [1.82, 2.24) is 9.80 Å². The van der Waals surface area contributed by atoms with Gasteiger partial charge in [0.25, 0.3) is 0 Å². The van der Waals surface area contributed by atoms with Gasteiger partial charge in [-0.2, -0.15) is 0 Å². The Morgan fingerprint density at radius 3 is 2.71 bits per heavy atom. The lowest BCUT2D eigenvalue weighted by molar-refractivity contribution is 0.123. The molecule has 130 valence electrons. The minimum atomic E-state index is -0.166. The van der Waals surface area contributed by atoms with Gasteiger partial charge in [-0.05, 0) is 38.0 Å². The number of carbonyl (C=O) groups is 1. The highest BCUT2D eigenvalue weighted by Gasteiger charge is 2.46. The second-order valence-corrected chi connectivity index (χ2v) is 6.78. The number of rotatable bonds is 6. The van der Waals surface area contributed by atoms with Gasteiger partial charge in [-0.25, -0.2) is 4.79 Å². The number of hydrogen-bond donors (Lipinski definition) is 0. The van der Waals surface area contributed by atoms with Crippen LogP contribution in [0, 0.1) is 0 Å². The molecule has 2 aliphatic rings. The number of hydrogen-bond acceptors (Lipinski definition) is 4. The molecular weight excluding hydrogens is 304 g/mol. The fourth-order valence-corrected chi connectivity index (χ4v) is 3.34. The third-order valence-electron chi connectivity index (χ3n) is 4.76. The number of ether oxygens (including phenoxy) is 2. The molecule has 1 aromatic rings. The molecule has 2 fully saturated rings. The highest BCUT2D eigenvalue weighted by atomic mass is 16.6. The molecule has 0 radical (unpaired) electrons. The predicted molar refractivity (Wildman–Crippen MR) is 93.3 cm³/mol. The second kappa shape index (κ2) is 7.26. The average Bonchev–Trinajstić information content (AvgIpc) is 3.08. The van der Waals surface area contributed by atoms with Gasteiger partial charge in [-0.3, -0.25) is 9.80 Å². The SMILES string of the molecule is COc1ccc(CCN2C(=O)O[C@@H]3CN(CC=C(C)C)C[C@@H]32)cc1. The van der Waals surface area contributed by atoms with E-state index in [-0.39, 0.29) is 18.2 Å². The van der Waals surface area contributed by atoms with Crippen LogP contribution < -0.4 is 4.74 Å². The molecule has 1 amide bonds. The van der Waals surface area contributed by atoms with Gasteiger partial charge in [0.2, 0.25) is 0 Å². The summed E-state index contributed by atoms with van der Waals surface area (Å²) in [7, 11) is 1.66. The fraction of sp³-hybridized carbons (Fsp3) is 0.526. The van der Waals surface area contributed by atoms with E-state index in [0.29, 0.717) is 6.54 Å². The van der Waals surface area contributed by atoms with Crippen LogP contribution in [0.2, 0.25) is 0 Å². The molecule has 0 aromatic heterocycles. The Bertz CT molecular complexity index is 608. The third kappa shape index (κ3) is 3.73. The van der Waals surface area contributed by atoms with Crippen LogP contribution in [-0.2, 0) is 11.2 Å². The summed E-state index contributed by atoms with van der Waals surface area (Å²) in [6.07, 6.45) is 2.90. The molecule has 3 rings (SSSR count). The molecule has 5 heteroatoms. The van der Waals surface area contributed by atoms with E-state index < -0.39 is 0 Å². The molecule has 0 aliphatic carbocycles. The van der Waals surface area contributed by atoms with Gasteiger partial charge < -0.3 is 9.47 Å². The zero-order chi connectivity index (χ0) is 17.1. The quantitative estimate of drug-likeness (QED) is 0.752. The molecule has 5 nitrogen and oxygen atoms in total. The van der Waals surface area contributed by atoms with E-state index in [9.17, 15) is 4.79 Å². The van der Waals surface area contributed by atoms with E-state index >= 15 is 0 Å². The molecule has 1 aromatic carbocycles. The lowest BCUT2D eigenvalue weighted by atomic mass is 10.1. The summed E-state index contributed by atoms with van der Waals surface area (Å²) in [4.78, 5) is 16.4. The maximum atomic E-state index is 12.1. The number of nitrogens with zero attached hydrogens (tertiary/aromatic N) is 2. The monoisotopic (exact) mass is 330 g/mol. The largest absolute Gasteiger partial charge is 0.497 e. The first-order chi connectivity index (χ1) is 11.6. The van der Waals surface area contributed by atoms with Crippen molar-refractivity contribution >= 4 is 6.09 Å². The maximum absolute atomic E-state index is 12.1. The summed E-state index contributed by atoms with van der Waals surface area (Å²) in [5, 5.41) is 0. The van der Waals surface area contributed by atoms with E-state index in [2.05, 4.69) is 24.8 Å². The Morgan fingerprint density at radius 1 is 1.29 bits per heavy atom. The Labute approximate surface area is 143 Å². The van der Waals surface area contributed by atoms with Crippen LogP contribution in [0.5, 0.6) is 5.75 Å². The van der Waals surface area contributed by atoms with Crippen molar-refractivity contribution in [3.8, 4) is 5.75 Å². The number of carbonyl (C=O) groups excluding carboxylic acids is 1. The lowest BCUT2D eigenvalue weighted by Gasteiger charge is -2.22. The lowest BCUT2D eigenvalue weighted by Crippen LogP contribution is -2.39. The molecule has 0 unspecified atom stereocenters. The number of methoxy groups -OCH3 is 1. The number of amides is 1. The van der Waals surface area contributed by atoms with Crippen molar-refractivity contribution in [1.29, 1.82) is 0 Å². The molecule has 2 saturated heterocycles. The van der Waals surface area contributed by atoms with Crippen LogP contribution in [0.15, 0.2) is 35.9 Å². The first-order valence-electron chi connectivity index (χ1n) is 8.52. The molecule has 2 heterocycles. The van der Waals surface area contributed by atoms with Gasteiger partial charge in [-0.1, -0.05) is 23.8 Å². The minimum absolute atomic E-state index is 0.0129. The van der Waals surface area contributed by atoms with E-state index in [1.165, 1.54) is 11.1 Å². The first-order valence-corrected chi connectivity index (χ1v) is 8.52. The number of likely N-dealkylation sites (tertiary alicyclic amines) is 1. The standard InChI is InChI=1S/C19H26N2O3/c1-14(2)8-10-20-12-17-18(13-20)24-19(22)21(17)11-9-15-4-6-16(23-3)7-5-15/h4-8,17-18H,9-13H2,1-3H3/t17-,18+/m0/s1. The number of benzene rings is 1. The average molecular weight is 330 g/mol. The third-order valence-corrected chi connectivity index (χ3v) is 4.76. The first kappa shape index (κ1) is 16.8. The molecule has 0 spiro atoms. The Balaban J connectivity index is 1.57. The fourth-order valence-electron chi connectivity index (χ4n) is 3.34. The van der Waals surface area contributed by atoms with Crippen LogP contribution in [-0.4, -0.2) is 61.3 Å². The van der Waals surface area contributed by atoms with Gasteiger partial charge >= 0.3 is 6.09 Å². The summed E-state index contributed by atoms with van der Waals surface area (Å²) in [5.41, 5.74) is 2.52. The summed E-state index contributed by atoms with van der Waals surface area (Å²) in [6.45, 7) is 7.57. The second-order valence-electron chi connectivity index (χ2n) is 6.78. The molecule has 0 N–H and O–H groups in total. The van der Waals surface area contributed by atoms with Crippen molar-refractivity contribution in [2.75, 3.05) is 33.3 Å². The van der Waals surface area contributed by atoms with Crippen LogP contribution in [0.1, 0.15) is 19.4 Å². The minimum Gasteiger partial charge on any atom is -0.497 e. The Kier molecular flexibility index (Phi) is 5.09. The van der Waals surface area contributed by atoms with Crippen molar-refractivity contribution in [3.05, 3.63) is 41.5 Å². The molecule has 0 bridgehead atoms. The van der Waals surface area contributed by atoms with Crippen molar-refractivity contribution in [2.24, 2.45) is 0 Å². The molecular formula is C19H26N2O3. The highest BCUT2D eigenvalue weighted by Crippen LogP contribution is 2.27. The predicted octanol–water partition coefficient (Wildman–Crippen LogP) is 2.71. The molecule has 24 heavy (non-hydrogen) atoms. The number of allylic oxidation sites excluding steroid dienone is 1. The molecule has 2 atom stereocenters. The van der Waals surface area contributed by atoms with E-state index in [1.54, 1.807) is 7.11 Å². The van der Waals surface area contributed by atoms with E-state index in [4.69, 9.17) is 9.47 Å². The van der Waals surface area contributed by atoms with Crippen LogP contribution >= 0.6 is 0 Å². The van der Waals surface area contributed by atoms with Crippen molar-refractivity contribution < 1.29 is 14.3 Å². The summed E-state index contributed by atoms with van der Waals surface area (Å²) in [5.74, 6) is 0.852. The van der Waals surface area contributed by atoms with Crippen molar-refractivity contribution in [3.63, 3.8) is 0 Å². The Hall–Kier alpha value is -2.01. The highest BCUT2D eigenvalue weighted by molar-refractivity contribution is 5.71. The smallest absolute Gasteiger partial charge is 0.410 e. The van der Waals surface area contributed by atoms with E-state index in [1.807, 2.05) is 29.2 Å². The van der Waals surface area contributed by atoms with Crippen LogP contribution in [0.3, 0.4) is 0 Å². The zero-order valence-corrected chi connectivity index (χ0v) is 14.7. The zero-order valence-electron chi connectivity index (χ0n) is 14.7.